The van der Waals surface area contributed by atoms with Crippen LogP contribution in [0.15, 0.2) is 34.6 Å². The molecule has 0 atom stereocenters. The molecular formula is C21H29N3O4S. The molecule has 0 aliphatic carbocycles. The summed E-state index contributed by atoms with van der Waals surface area (Å²) in [7, 11) is 3.36. The summed E-state index contributed by atoms with van der Waals surface area (Å²) < 4.78 is 17.9. The molecule has 1 aromatic carbocycles. The van der Waals surface area contributed by atoms with Crippen molar-refractivity contribution in [3.8, 4) is 17.0 Å². The number of rotatable bonds is 7. The van der Waals surface area contributed by atoms with E-state index in [4.69, 9.17) is 19.2 Å². The van der Waals surface area contributed by atoms with Crippen LogP contribution in [0.2, 0.25) is 0 Å². The van der Waals surface area contributed by atoms with Crippen molar-refractivity contribution in [2.75, 3.05) is 47.1 Å². The number of thiazole rings is 1. The SMILES string of the molecule is CCOC(=O)N1CCC(n2c(-c3ccc(OC)cc3)csc2=NCCOC)CC1. The third-order valence-corrected chi connectivity index (χ3v) is 5.90. The molecule has 2 aromatic rings. The third-order valence-electron chi connectivity index (χ3n) is 5.03. The van der Waals surface area contributed by atoms with Crippen molar-refractivity contribution in [1.29, 1.82) is 0 Å². The van der Waals surface area contributed by atoms with E-state index in [0.29, 0.717) is 32.8 Å². The number of methoxy groups -OCH3 is 2. The van der Waals surface area contributed by atoms with Crippen LogP contribution in [0.3, 0.4) is 0 Å². The number of hydrogen-bond acceptors (Lipinski definition) is 6. The molecule has 29 heavy (non-hydrogen) atoms. The molecular weight excluding hydrogens is 390 g/mol. The predicted octanol–water partition coefficient (Wildman–Crippen LogP) is 3.57. The van der Waals surface area contributed by atoms with E-state index in [1.807, 2.05) is 19.1 Å². The topological polar surface area (TPSA) is 65.3 Å². The lowest BCUT2D eigenvalue weighted by Gasteiger charge is -2.32. The largest absolute Gasteiger partial charge is 0.497 e. The minimum Gasteiger partial charge on any atom is -0.497 e. The van der Waals surface area contributed by atoms with Gasteiger partial charge in [-0.3, -0.25) is 4.99 Å². The molecule has 0 saturated carbocycles. The Morgan fingerprint density at radius 3 is 2.55 bits per heavy atom. The van der Waals surface area contributed by atoms with Crippen LogP contribution in [-0.2, 0) is 9.47 Å². The number of nitrogens with zero attached hydrogens (tertiary/aromatic N) is 3. The van der Waals surface area contributed by atoms with E-state index in [2.05, 4.69) is 22.1 Å². The van der Waals surface area contributed by atoms with Gasteiger partial charge in [-0.25, -0.2) is 4.79 Å². The van der Waals surface area contributed by atoms with Gasteiger partial charge >= 0.3 is 6.09 Å². The monoisotopic (exact) mass is 419 g/mol. The standard InChI is InChI=1S/C21H29N3O4S/c1-4-28-21(25)23-12-9-17(10-13-23)24-19(15-29-20(24)22-11-14-26-2)16-5-7-18(27-3)8-6-16/h5-8,15,17H,4,9-14H2,1-3H3. The number of amides is 1. The molecule has 8 heteroatoms. The Labute approximate surface area is 175 Å². The second-order valence-corrected chi connectivity index (χ2v) is 7.63. The summed E-state index contributed by atoms with van der Waals surface area (Å²) in [5.41, 5.74) is 2.27. The number of piperidine rings is 1. The average molecular weight is 420 g/mol. The highest BCUT2D eigenvalue weighted by molar-refractivity contribution is 7.07. The molecule has 1 saturated heterocycles. The van der Waals surface area contributed by atoms with Crippen molar-refractivity contribution < 1.29 is 19.0 Å². The maximum Gasteiger partial charge on any atom is 0.409 e. The van der Waals surface area contributed by atoms with Gasteiger partial charge in [-0.1, -0.05) is 0 Å². The van der Waals surface area contributed by atoms with Crippen LogP contribution in [-0.4, -0.2) is 62.6 Å². The number of carbonyl (C=O) groups is 1. The first-order valence-electron chi connectivity index (χ1n) is 9.93. The number of likely N-dealkylation sites (tertiary alicyclic amines) is 1. The summed E-state index contributed by atoms with van der Waals surface area (Å²) in [6.45, 7) is 4.83. The number of hydrogen-bond donors (Lipinski definition) is 0. The highest BCUT2D eigenvalue weighted by Gasteiger charge is 2.26. The van der Waals surface area contributed by atoms with Crippen LogP contribution in [0.25, 0.3) is 11.3 Å². The lowest BCUT2D eigenvalue weighted by atomic mass is 10.0. The van der Waals surface area contributed by atoms with Crippen LogP contribution in [0, 0.1) is 0 Å². The highest BCUT2D eigenvalue weighted by atomic mass is 32.1. The van der Waals surface area contributed by atoms with Gasteiger partial charge < -0.3 is 23.7 Å². The number of carbonyl (C=O) groups excluding carboxylic acids is 1. The van der Waals surface area contributed by atoms with E-state index in [1.165, 1.54) is 0 Å². The first-order chi connectivity index (χ1) is 14.2. The molecule has 1 aliphatic heterocycles. The third kappa shape index (κ3) is 5.19. The first kappa shape index (κ1) is 21.4. The fourth-order valence-electron chi connectivity index (χ4n) is 3.51. The fraction of sp³-hybridized carbons (Fsp3) is 0.524. The van der Waals surface area contributed by atoms with Crippen molar-refractivity contribution in [2.24, 2.45) is 4.99 Å². The Kier molecular flexibility index (Phi) is 7.71. The quantitative estimate of drug-likeness (QED) is 0.644. The number of aromatic nitrogens is 1. The number of benzene rings is 1. The smallest absolute Gasteiger partial charge is 0.409 e. The average Bonchev–Trinajstić information content (AvgIpc) is 3.18. The summed E-state index contributed by atoms with van der Waals surface area (Å²) in [5, 5.41) is 2.16. The fourth-order valence-corrected chi connectivity index (χ4v) is 4.51. The molecule has 1 aliphatic rings. The van der Waals surface area contributed by atoms with Gasteiger partial charge in [-0.15, -0.1) is 11.3 Å². The van der Waals surface area contributed by atoms with E-state index in [-0.39, 0.29) is 12.1 Å². The Bertz CT molecular complexity index is 852. The van der Waals surface area contributed by atoms with Crippen molar-refractivity contribution in [3.63, 3.8) is 0 Å². The lowest BCUT2D eigenvalue weighted by molar-refractivity contribution is 0.0926. The van der Waals surface area contributed by atoms with Gasteiger partial charge in [-0.05, 0) is 49.6 Å². The molecule has 0 bridgehead atoms. The van der Waals surface area contributed by atoms with Gasteiger partial charge in [0.15, 0.2) is 4.80 Å². The molecule has 7 nitrogen and oxygen atoms in total. The van der Waals surface area contributed by atoms with Crippen LogP contribution < -0.4 is 9.54 Å². The van der Waals surface area contributed by atoms with E-state index < -0.39 is 0 Å². The Morgan fingerprint density at radius 2 is 1.93 bits per heavy atom. The van der Waals surface area contributed by atoms with Crippen molar-refractivity contribution >= 4 is 17.4 Å². The summed E-state index contributed by atoms with van der Waals surface area (Å²) >= 11 is 1.64. The zero-order valence-corrected chi connectivity index (χ0v) is 18.1. The Balaban J connectivity index is 1.87. The summed E-state index contributed by atoms with van der Waals surface area (Å²) in [5.74, 6) is 0.836. The van der Waals surface area contributed by atoms with Gasteiger partial charge in [0, 0.05) is 31.6 Å². The number of ether oxygens (including phenoxy) is 3. The summed E-state index contributed by atoms with van der Waals surface area (Å²) in [6, 6.07) is 8.38. The second-order valence-electron chi connectivity index (χ2n) is 6.79. The minimum atomic E-state index is -0.221. The van der Waals surface area contributed by atoms with Crippen LogP contribution in [0.4, 0.5) is 4.79 Å². The normalized spacial score (nSPS) is 15.6. The molecule has 3 rings (SSSR count). The van der Waals surface area contributed by atoms with Crippen molar-refractivity contribution in [3.05, 3.63) is 34.4 Å². The predicted molar refractivity (Wildman–Crippen MR) is 113 cm³/mol. The van der Waals surface area contributed by atoms with Gasteiger partial charge in [0.2, 0.25) is 0 Å². The van der Waals surface area contributed by atoms with Gasteiger partial charge in [0.25, 0.3) is 0 Å². The molecule has 0 spiro atoms. The minimum absolute atomic E-state index is 0.221. The maximum atomic E-state index is 12.0. The zero-order chi connectivity index (χ0) is 20.6. The molecule has 0 radical (unpaired) electrons. The molecule has 1 fully saturated rings. The first-order valence-corrected chi connectivity index (χ1v) is 10.8. The van der Waals surface area contributed by atoms with Gasteiger partial charge in [0.1, 0.15) is 5.75 Å². The molecule has 1 amide bonds. The molecule has 0 N–H and O–H groups in total. The van der Waals surface area contributed by atoms with Gasteiger partial charge in [-0.2, -0.15) is 0 Å². The summed E-state index contributed by atoms with van der Waals surface area (Å²) in [4.78, 5) is 19.6. The Morgan fingerprint density at radius 1 is 1.21 bits per heavy atom. The zero-order valence-electron chi connectivity index (χ0n) is 17.3. The molecule has 0 unspecified atom stereocenters. The lowest BCUT2D eigenvalue weighted by Crippen LogP contribution is -2.40. The molecule has 158 valence electrons. The van der Waals surface area contributed by atoms with Crippen molar-refractivity contribution in [2.45, 2.75) is 25.8 Å². The van der Waals surface area contributed by atoms with E-state index in [9.17, 15) is 4.79 Å². The molecule has 1 aromatic heterocycles. The molecule has 2 heterocycles. The van der Waals surface area contributed by atoms with Gasteiger partial charge in [0.05, 0.1) is 32.6 Å². The summed E-state index contributed by atoms with van der Waals surface area (Å²) in [6.07, 6.45) is 1.52. The second kappa shape index (κ2) is 10.5. The maximum absolute atomic E-state index is 12.0. The van der Waals surface area contributed by atoms with Crippen LogP contribution in [0.5, 0.6) is 5.75 Å². The van der Waals surface area contributed by atoms with Crippen molar-refractivity contribution in [1.82, 2.24) is 9.47 Å². The Hall–Kier alpha value is -2.32. The van der Waals surface area contributed by atoms with E-state index >= 15 is 0 Å². The van der Waals surface area contributed by atoms with Crippen LogP contribution in [0.1, 0.15) is 25.8 Å². The van der Waals surface area contributed by atoms with E-state index in [1.54, 1.807) is 30.5 Å². The van der Waals surface area contributed by atoms with E-state index in [0.717, 1.165) is 34.6 Å². The van der Waals surface area contributed by atoms with Crippen LogP contribution >= 0.6 is 11.3 Å². The highest BCUT2D eigenvalue weighted by Crippen LogP contribution is 2.30.